The molecular formula is C24H34FN5O+2. The predicted octanol–water partition coefficient (Wildman–Crippen LogP) is -0.106. The Morgan fingerprint density at radius 1 is 0.935 bits per heavy atom. The van der Waals surface area contributed by atoms with Crippen LogP contribution < -0.4 is 24.9 Å². The number of piperazine rings is 2. The fourth-order valence-electron chi connectivity index (χ4n) is 4.61. The van der Waals surface area contributed by atoms with Crippen LogP contribution in [0.3, 0.4) is 0 Å². The van der Waals surface area contributed by atoms with Gasteiger partial charge in [-0.15, -0.1) is 0 Å². The number of hydrogen-bond acceptors (Lipinski definition) is 3. The molecule has 2 fully saturated rings. The number of anilines is 3. The number of amides is 1. The zero-order valence-electron chi connectivity index (χ0n) is 18.4. The Balaban J connectivity index is 1.29. The van der Waals surface area contributed by atoms with E-state index < -0.39 is 0 Å². The summed E-state index contributed by atoms with van der Waals surface area (Å²) >= 11 is 0. The number of para-hydroxylation sites is 1. The maximum Gasteiger partial charge on any atom is 0.279 e. The molecule has 2 aromatic carbocycles. The van der Waals surface area contributed by atoms with Crippen molar-refractivity contribution in [2.75, 3.05) is 80.6 Å². The van der Waals surface area contributed by atoms with Crippen LogP contribution in [0.25, 0.3) is 0 Å². The van der Waals surface area contributed by atoms with Gasteiger partial charge in [-0.05, 0) is 37.3 Å². The van der Waals surface area contributed by atoms with Gasteiger partial charge in [0, 0.05) is 37.6 Å². The Labute approximate surface area is 184 Å². The van der Waals surface area contributed by atoms with Crippen molar-refractivity contribution >= 4 is 23.0 Å². The van der Waals surface area contributed by atoms with Crippen LogP contribution in [0.5, 0.6) is 0 Å². The molecule has 4 rings (SSSR count). The zero-order chi connectivity index (χ0) is 21.6. The smallest absolute Gasteiger partial charge is 0.279 e. The first kappa shape index (κ1) is 21.6. The first-order chi connectivity index (χ1) is 15.1. The van der Waals surface area contributed by atoms with Gasteiger partial charge < -0.3 is 24.9 Å². The molecule has 0 saturated carbocycles. The Hall–Kier alpha value is -2.64. The number of hydrogen-bond donors (Lipinski definition) is 3. The number of benzene rings is 2. The summed E-state index contributed by atoms with van der Waals surface area (Å²) in [6, 6.07) is 15.4. The number of nitrogens with one attached hydrogen (secondary N) is 3. The molecule has 7 heteroatoms. The topological polar surface area (TPSA) is 44.5 Å². The van der Waals surface area contributed by atoms with Gasteiger partial charge in [-0.25, -0.2) is 4.39 Å². The van der Waals surface area contributed by atoms with Gasteiger partial charge in [0.25, 0.3) is 5.91 Å². The van der Waals surface area contributed by atoms with E-state index in [0.29, 0.717) is 17.9 Å². The third kappa shape index (κ3) is 5.54. The van der Waals surface area contributed by atoms with E-state index in [1.165, 1.54) is 16.7 Å². The number of rotatable bonds is 6. The number of likely N-dealkylation sites (N-methyl/N-ethyl adjacent to an activating group) is 1. The van der Waals surface area contributed by atoms with Gasteiger partial charge in [-0.1, -0.05) is 18.2 Å². The van der Waals surface area contributed by atoms with Gasteiger partial charge in [0.2, 0.25) is 0 Å². The van der Waals surface area contributed by atoms with E-state index in [2.05, 4.69) is 34.2 Å². The van der Waals surface area contributed by atoms with Crippen molar-refractivity contribution in [1.29, 1.82) is 0 Å². The average molecular weight is 428 g/mol. The molecule has 0 aromatic heterocycles. The highest BCUT2D eigenvalue weighted by Gasteiger charge is 2.24. The Morgan fingerprint density at radius 2 is 1.58 bits per heavy atom. The van der Waals surface area contributed by atoms with Crippen molar-refractivity contribution in [3.05, 3.63) is 54.3 Å². The maximum atomic E-state index is 14.8. The molecule has 0 atom stereocenters. The highest BCUT2D eigenvalue weighted by molar-refractivity contribution is 5.91. The molecular weight excluding hydrogens is 393 g/mol. The molecule has 166 valence electrons. The van der Waals surface area contributed by atoms with Crippen LogP contribution in [-0.4, -0.2) is 71.4 Å². The van der Waals surface area contributed by atoms with Gasteiger partial charge in [0.05, 0.1) is 12.2 Å². The third-order valence-corrected chi connectivity index (χ3v) is 6.55. The van der Waals surface area contributed by atoms with Crippen molar-refractivity contribution in [3.63, 3.8) is 0 Å². The van der Waals surface area contributed by atoms with E-state index in [9.17, 15) is 9.18 Å². The minimum atomic E-state index is -0.279. The van der Waals surface area contributed by atoms with Crippen molar-refractivity contribution in [3.8, 4) is 0 Å². The van der Waals surface area contributed by atoms with E-state index in [1.807, 2.05) is 24.3 Å². The number of quaternary nitrogens is 2. The Bertz CT molecular complexity index is 862. The summed E-state index contributed by atoms with van der Waals surface area (Å²) in [5.74, 6) is -0.322. The molecule has 0 spiro atoms. The van der Waals surface area contributed by atoms with Crippen LogP contribution in [0.1, 0.15) is 6.92 Å². The monoisotopic (exact) mass is 427 g/mol. The van der Waals surface area contributed by atoms with Gasteiger partial charge in [-0.3, -0.25) is 4.79 Å². The second kappa shape index (κ2) is 10.1. The molecule has 2 aliphatic heterocycles. The lowest BCUT2D eigenvalue weighted by Crippen LogP contribution is -3.28. The Morgan fingerprint density at radius 3 is 2.23 bits per heavy atom. The van der Waals surface area contributed by atoms with E-state index in [0.717, 1.165) is 58.9 Å². The lowest BCUT2D eigenvalue weighted by molar-refractivity contribution is -1.01. The fourth-order valence-corrected chi connectivity index (χ4v) is 4.61. The fraction of sp³-hybridized carbons (Fsp3) is 0.458. The van der Waals surface area contributed by atoms with Gasteiger partial charge >= 0.3 is 0 Å². The lowest BCUT2D eigenvalue weighted by Gasteiger charge is -2.37. The normalized spacial score (nSPS) is 21.7. The van der Waals surface area contributed by atoms with Gasteiger partial charge in [0.1, 0.15) is 32.0 Å². The second-order valence-corrected chi connectivity index (χ2v) is 8.55. The van der Waals surface area contributed by atoms with Crippen LogP contribution in [0.2, 0.25) is 0 Å². The van der Waals surface area contributed by atoms with Crippen LogP contribution in [0, 0.1) is 5.82 Å². The molecule has 31 heavy (non-hydrogen) atoms. The van der Waals surface area contributed by atoms with Crippen LogP contribution in [0.15, 0.2) is 48.5 Å². The maximum absolute atomic E-state index is 14.8. The van der Waals surface area contributed by atoms with Crippen molar-refractivity contribution in [1.82, 2.24) is 0 Å². The largest absolute Gasteiger partial charge is 0.368 e. The van der Waals surface area contributed by atoms with E-state index in [4.69, 9.17) is 0 Å². The molecule has 2 heterocycles. The number of carbonyl (C=O) groups is 1. The SMILES string of the molecule is CC[NH+]1CC[NH+](CC(=O)Nc2ccc(N3CCN(c4ccccc4)CC3)c(F)c2)CC1. The summed E-state index contributed by atoms with van der Waals surface area (Å²) in [7, 11) is 0. The average Bonchev–Trinajstić information content (AvgIpc) is 2.80. The zero-order valence-corrected chi connectivity index (χ0v) is 18.4. The third-order valence-electron chi connectivity index (χ3n) is 6.55. The molecule has 0 aliphatic carbocycles. The second-order valence-electron chi connectivity index (χ2n) is 8.55. The number of nitrogens with zero attached hydrogens (tertiary/aromatic N) is 2. The highest BCUT2D eigenvalue weighted by Crippen LogP contribution is 2.25. The van der Waals surface area contributed by atoms with Crippen molar-refractivity contribution in [2.24, 2.45) is 0 Å². The molecule has 0 bridgehead atoms. The van der Waals surface area contributed by atoms with E-state index >= 15 is 0 Å². The summed E-state index contributed by atoms with van der Waals surface area (Å²) in [6.45, 7) is 11.3. The Kier molecular flexibility index (Phi) is 7.04. The first-order valence-corrected chi connectivity index (χ1v) is 11.4. The summed E-state index contributed by atoms with van der Waals surface area (Å²) < 4.78 is 14.8. The summed E-state index contributed by atoms with van der Waals surface area (Å²) in [5.41, 5.74) is 2.35. The minimum absolute atomic E-state index is 0.0430. The lowest BCUT2D eigenvalue weighted by atomic mass is 10.2. The van der Waals surface area contributed by atoms with Crippen LogP contribution in [0.4, 0.5) is 21.5 Å². The quantitative estimate of drug-likeness (QED) is 0.603. The molecule has 0 radical (unpaired) electrons. The summed E-state index contributed by atoms with van der Waals surface area (Å²) in [6.07, 6.45) is 0. The molecule has 2 aliphatic rings. The van der Waals surface area contributed by atoms with Crippen LogP contribution >= 0.6 is 0 Å². The highest BCUT2D eigenvalue weighted by atomic mass is 19.1. The number of halogens is 1. The van der Waals surface area contributed by atoms with E-state index in [-0.39, 0.29) is 11.7 Å². The molecule has 2 aromatic rings. The summed E-state index contributed by atoms with van der Waals surface area (Å²) in [4.78, 5) is 19.7. The minimum Gasteiger partial charge on any atom is -0.368 e. The first-order valence-electron chi connectivity index (χ1n) is 11.4. The molecule has 0 unspecified atom stereocenters. The van der Waals surface area contributed by atoms with Crippen LogP contribution in [-0.2, 0) is 4.79 Å². The molecule has 3 N–H and O–H groups in total. The number of carbonyl (C=O) groups excluding carboxylic acids is 1. The molecule has 1 amide bonds. The van der Waals surface area contributed by atoms with Crippen molar-refractivity contribution in [2.45, 2.75) is 6.92 Å². The predicted molar refractivity (Wildman–Crippen MR) is 123 cm³/mol. The summed E-state index contributed by atoms with van der Waals surface area (Å²) in [5, 5.41) is 2.88. The standard InChI is InChI=1S/C24H32FN5O/c1-2-27-10-12-28(13-11-27)19-24(31)26-20-8-9-23(22(25)18-20)30-16-14-29(15-17-30)21-6-4-3-5-7-21/h3-9,18H,2,10-17,19H2,1H3,(H,26,31)/p+2. The van der Waals surface area contributed by atoms with Gasteiger partial charge in [-0.2, -0.15) is 0 Å². The molecule has 6 nitrogen and oxygen atoms in total. The van der Waals surface area contributed by atoms with Gasteiger partial charge in [0.15, 0.2) is 6.54 Å². The van der Waals surface area contributed by atoms with Crippen molar-refractivity contribution < 1.29 is 19.0 Å². The van der Waals surface area contributed by atoms with E-state index in [1.54, 1.807) is 11.0 Å². The molecule has 2 saturated heterocycles.